The highest BCUT2D eigenvalue weighted by atomic mass is 127. The molecule has 0 fully saturated rings. The number of benzene rings is 1. The normalized spacial score (nSPS) is 9.83. The van der Waals surface area contributed by atoms with Gasteiger partial charge in [-0.3, -0.25) is 0 Å². The molecule has 12 heavy (non-hydrogen) atoms. The van der Waals surface area contributed by atoms with Crippen molar-refractivity contribution < 1.29 is 9.47 Å². The molecule has 0 heterocycles. The lowest BCUT2D eigenvalue weighted by Gasteiger charge is -2.05. The monoisotopic (exact) mass is 278 g/mol. The van der Waals surface area contributed by atoms with Crippen LogP contribution in [0.2, 0.25) is 0 Å². The van der Waals surface area contributed by atoms with Gasteiger partial charge in [-0.15, -0.1) is 0 Å². The number of hydrogen-bond acceptors (Lipinski definition) is 2. The SMILES string of the molecule is Cc1cccc(OCOCI)c1. The molecule has 1 aromatic carbocycles. The van der Waals surface area contributed by atoms with Crippen molar-refractivity contribution in [3.05, 3.63) is 29.8 Å². The Hall–Kier alpha value is -0.290. The third-order valence-corrected chi connectivity index (χ3v) is 1.82. The van der Waals surface area contributed by atoms with Gasteiger partial charge < -0.3 is 9.47 Å². The lowest BCUT2D eigenvalue weighted by Crippen LogP contribution is -2.00. The average molecular weight is 278 g/mol. The summed E-state index contributed by atoms with van der Waals surface area (Å²) in [5.41, 5.74) is 1.20. The number of aryl methyl sites for hydroxylation is 1. The second-order valence-corrected chi connectivity index (χ2v) is 3.01. The van der Waals surface area contributed by atoms with Crippen molar-refractivity contribution in [2.75, 3.05) is 11.4 Å². The molecule has 0 saturated carbocycles. The van der Waals surface area contributed by atoms with Gasteiger partial charge in [-0.2, -0.15) is 0 Å². The minimum absolute atomic E-state index is 0.326. The summed E-state index contributed by atoms with van der Waals surface area (Å²) < 4.78 is 11.0. The molecule has 0 aromatic heterocycles. The standard InChI is InChI=1S/C9H11IO2/c1-8-3-2-4-9(5-8)12-7-11-6-10/h2-5H,6-7H2,1H3. The van der Waals surface area contributed by atoms with Gasteiger partial charge in [0.15, 0.2) is 6.79 Å². The number of alkyl halides is 1. The molecule has 0 amide bonds. The van der Waals surface area contributed by atoms with E-state index in [2.05, 4.69) is 22.6 Å². The van der Waals surface area contributed by atoms with Crippen molar-refractivity contribution in [1.82, 2.24) is 0 Å². The highest BCUT2D eigenvalue weighted by molar-refractivity contribution is 14.1. The van der Waals surface area contributed by atoms with Crippen LogP contribution in [-0.4, -0.2) is 11.4 Å². The van der Waals surface area contributed by atoms with E-state index in [1.165, 1.54) is 5.56 Å². The van der Waals surface area contributed by atoms with Gasteiger partial charge in [0.25, 0.3) is 0 Å². The molecule has 0 radical (unpaired) electrons. The Kier molecular flexibility index (Phi) is 4.39. The minimum Gasteiger partial charge on any atom is -0.468 e. The first kappa shape index (κ1) is 9.80. The number of rotatable bonds is 4. The van der Waals surface area contributed by atoms with E-state index in [0.29, 0.717) is 11.4 Å². The van der Waals surface area contributed by atoms with Crippen LogP contribution in [0.3, 0.4) is 0 Å². The van der Waals surface area contributed by atoms with E-state index in [4.69, 9.17) is 9.47 Å². The Labute approximate surface area is 86.0 Å². The number of hydrogen-bond donors (Lipinski definition) is 0. The summed E-state index contributed by atoms with van der Waals surface area (Å²) in [6, 6.07) is 7.90. The zero-order valence-electron chi connectivity index (χ0n) is 6.92. The maximum Gasteiger partial charge on any atom is 0.189 e. The molecule has 0 bridgehead atoms. The quantitative estimate of drug-likeness (QED) is 0.365. The van der Waals surface area contributed by atoms with E-state index in [1.807, 2.05) is 31.2 Å². The van der Waals surface area contributed by atoms with Gasteiger partial charge in [-0.05, 0) is 24.6 Å². The fraction of sp³-hybridized carbons (Fsp3) is 0.333. The summed E-state index contributed by atoms with van der Waals surface area (Å²) in [6.07, 6.45) is 0. The summed E-state index contributed by atoms with van der Waals surface area (Å²) in [7, 11) is 0. The van der Waals surface area contributed by atoms with Gasteiger partial charge in [0, 0.05) is 0 Å². The van der Waals surface area contributed by atoms with Gasteiger partial charge in [0.2, 0.25) is 0 Å². The van der Waals surface area contributed by atoms with E-state index in [9.17, 15) is 0 Å². The van der Waals surface area contributed by atoms with Crippen molar-refractivity contribution in [2.45, 2.75) is 6.92 Å². The minimum atomic E-state index is 0.326. The summed E-state index contributed by atoms with van der Waals surface area (Å²) >= 11 is 2.13. The van der Waals surface area contributed by atoms with Crippen LogP contribution in [-0.2, 0) is 4.74 Å². The highest BCUT2D eigenvalue weighted by Crippen LogP contribution is 2.11. The first-order chi connectivity index (χ1) is 5.83. The van der Waals surface area contributed by atoms with Gasteiger partial charge >= 0.3 is 0 Å². The Morgan fingerprint density at radius 3 is 2.92 bits per heavy atom. The lowest BCUT2D eigenvalue weighted by molar-refractivity contribution is 0.0467. The van der Waals surface area contributed by atoms with E-state index >= 15 is 0 Å². The fourth-order valence-electron chi connectivity index (χ4n) is 0.846. The summed E-state index contributed by atoms with van der Waals surface area (Å²) in [5.74, 6) is 0.861. The Bertz CT molecular complexity index is 238. The molecule has 1 aromatic rings. The van der Waals surface area contributed by atoms with E-state index in [1.54, 1.807) is 0 Å². The smallest absolute Gasteiger partial charge is 0.189 e. The largest absolute Gasteiger partial charge is 0.468 e. The molecular weight excluding hydrogens is 267 g/mol. The summed E-state index contributed by atoms with van der Waals surface area (Å²) in [4.78, 5) is 0. The first-order valence-corrected chi connectivity index (χ1v) is 5.18. The Morgan fingerprint density at radius 1 is 1.42 bits per heavy atom. The Balaban J connectivity index is 2.41. The number of ether oxygens (including phenoxy) is 2. The van der Waals surface area contributed by atoms with Gasteiger partial charge in [0.1, 0.15) is 10.4 Å². The molecule has 0 aliphatic heterocycles. The van der Waals surface area contributed by atoms with E-state index in [-0.39, 0.29) is 0 Å². The van der Waals surface area contributed by atoms with Crippen molar-refractivity contribution in [1.29, 1.82) is 0 Å². The second-order valence-electron chi connectivity index (χ2n) is 2.39. The molecule has 0 aliphatic rings. The zero-order chi connectivity index (χ0) is 8.81. The maximum atomic E-state index is 5.30. The lowest BCUT2D eigenvalue weighted by atomic mass is 10.2. The van der Waals surface area contributed by atoms with E-state index in [0.717, 1.165) is 5.75 Å². The molecule has 2 nitrogen and oxygen atoms in total. The topological polar surface area (TPSA) is 18.5 Å². The molecule has 1 rings (SSSR count). The molecule has 0 N–H and O–H groups in total. The third-order valence-electron chi connectivity index (χ3n) is 1.38. The Morgan fingerprint density at radius 2 is 2.25 bits per heavy atom. The van der Waals surface area contributed by atoms with Gasteiger partial charge in [0.05, 0.1) is 0 Å². The van der Waals surface area contributed by atoms with Crippen molar-refractivity contribution >= 4 is 22.6 Å². The highest BCUT2D eigenvalue weighted by Gasteiger charge is 1.91. The van der Waals surface area contributed by atoms with Crippen LogP contribution in [0.25, 0.3) is 0 Å². The fourth-order valence-corrected chi connectivity index (χ4v) is 1.03. The van der Waals surface area contributed by atoms with Crippen LogP contribution in [0, 0.1) is 6.92 Å². The van der Waals surface area contributed by atoms with Crippen LogP contribution in [0.5, 0.6) is 5.75 Å². The molecule has 0 unspecified atom stereocenters. The average Bonchev–Trinajstić information content (AvgIpc) is 2.05. The molecule has 0 saturated heterocycles. The predicted octanol–water partition coefficient (Wildman–Crippen LogP) is 2.74. The second kappa shape index (κ2) is 5.37. The summed E-state index contributed by atoms with van der Waals surface area (Å²) in [5, 5.41) is 0. The zero-order valence-corrected chi connectivity index (χ0v) is 9.08. The van der Waals surface area contributed by atoms with Crippen molar-refractivity contribution in [2.24, 2.45) is 0 Å². The molecule has 0 atom stereocenters. The first-order valence-electron chi connectivity index (χ1n) is 3.66. The number of halogens is 1. The van der Waals surface area contributed by atoms with Gasteiger partial charge in [-0.1, -0.05) is 34.7 Å². The van der Waals surface area contributed by atoms with Crippen LogP contribution in [0.4, 0.5) is 0 Å². The van der Waals surface area contributed by atoms with Gasteiger partial charge in [-0.25, -0.2) is 0 Å². The maximum absolute atomic E-state index is 5.30. The molecule has 0 aliphatic carbocycles. The molecular formula is C9H11IO2. The molecule has 3 heteroatoms. The molecule has 0 spiro atoms. The van der Waals surface area contributed by atoms with Crippen LogP contribution < -0.4 is 4.74 Å². The van der Waals surface area contributed by atoms with Crippen molar-refractivity contribution in [3.63, 3.8) is 0 Å². The van der Waals surface area contributed by atoms with Crippen molar-refractivity contribution in [3.8, 4) is 5.75 Å². The van der Waals surface area contributed by atoms with Crippen LogP contribution >= 0.6 is 22.6 Å². The van der Waals surface area contributed by atoms with Crippen LogP contribution in [0.1, 0.15) is 5.56 Å². The molecule has 66 valence electrons. The summed E-state index contributed by atoms with van der Waals surface area (Å²) in [6.45, 7) is 2.36. The van der Waals surface area contributed by atoms with Crippen LogP contribution in [0.15, 0.2) is 24.3 Å². The third kappa shape index (κ3) is 3.40. The van der Waals surface area contributed by atoms with E-state index < -0.39 is 0 Å². The predicted molar refractivity (Wildman–Crippen MR) is 56.6 cm³/mol.